The van der Waals surface area contributed by atoms with Crippen LogP contribution < -0.4 is 14.8 Å². The molecule has 0 amide bonds. The normalized spacial score (nSPS) is 11.9. The lowest BCUT2D eigenvalue weighted by atomic mass is 10.2. The van der Waals surface area contributed by atoms with Gasteiger partial charge in [-0.25, -0.2) is 0 Å². The number of ether oxygens (including phenoxy) is 2. The molecule has 0 radical (unpaired) electrons. The quantitative estimate of drug-likeness (QED) is 0.803. The number of rotatable bonds is 8. The zero-order chi connectivity index (χ0) is 14.9. The van der Waals surface area contributed by atoms with E-state index in [0.717, 1.165) is 30.2 Å². The van der Waals surface area contributed by atoms with Gasteiger partial charge in [0.15, 0.2) is 0 Å². The van der Waals surface area contributed by atoms with Crippen molar-refractivity contribution in [2.45, 2.75) is 26.6 Å². The van der Waals surface area contributed by atoms with E-state index < -0.39 is 0 Å². The van der Waals surface area contributed by atoms with Crippen LogP contribution in [0.2, 0.25) is 0 Å². The van der Waals surface area contributed by atoms with Crippen LogP contribution in [-0.4, -0.2) is 19.2 Å². The Morgan fingerprint density at radius 3 is 2.29 bits per heavy atom. The Bertz CT molecular complexity index is 511. The van der Waals surface area contributed by atoms with Crippen LogP contribution in [0.25, 0.3) is 0 Å². The number of nitrogens with one attached hydrogen (secondary N) is 1. The van der Waals surface area contributed by atoms with Gasteiger partial charge in [-0.05, 0) is 43.3 Å². The van der Waals surface area contributed by atoms with Gasteiger partial charge in [0, 0.05) is 6.54 Å². The molecule has 0 saturated carbocycles. The van der Waals surface area contributed by atoms with Crippen molar-refractivity contribution in [2.24, 2.45) is 0 Å². The highest BCUT2D eigenvalue weighted by Gasteiger charge is 2.03. The van der Waals surface area contributed by atoms with Gasteiger partial charge in [0.2, 0.25) is 0 Å². The standard InChI is InChI=1S/C18H23NO2/c1-3-19-13-15(2)21-18-11-9-17(10-12-18)20-14-16-7-5-4-6-8-16/h4-12,15,19H,3,13-14H2,1-2H3. The van der Waals surface area contributed by atoms with Crippen molar-refractivity contribution in [2.75, 3.05) is 13.1 Å². The lowest BCUT2D eigenvalue weighted by Crippen LogP contribution is -2.28. The first-order valence-corrected chi connectivity index (χ1v) is 7.42. The molecule has 21 heavy (non-hydrogen) atoms. The summed E-state index contributed by atoms with van der Waals surface area (Å²) in [5.41, 5.74) is 1.16. The lowest BCUT2D eigenvalue weighted by Gasteiger charge is -2.15. The molecule has 2 aromatic rings. The average molecular weight is 285 g/mol. The van der Waals surface area contributed by atoms with Crippen LogP contribution in [0.15, 0.2) is 54.6 Å². The van der Waals surface area contributed by atoms with E-state index in [-0.39, 0.29) is 6.10 Å². The zero-order valence-corrected chi connectivity index (χ0v) is 12.7. The van der Waals surface area contributed by atoms with Gasteiger partial charge < -0.3 is 14.8 Å². The second kappa shape index (κ2) is 8.32. The van der Waals surface area contributed by atoms with E-state index in [9.17, 15) is 0 Å². The minimum absolute atomic E-state index is 0.154. The molecule has 112 valence electrons. The second-order valence-corrected chi connectivity index (χ2v) is 4.98. The van der Waals surface area contributed by atoms with Crippen LogP contribution in [0.4, 0.5) is 0 Å². The average Bonchev–Trinajstić information content (AvgIpc) is 2.53. The molecule has 0 aliphatic rings. The molecule has 2 aromatic carbocycles. The third kappa shape index (κ3) is 5.48. The van der Waals surface area contributed by atoms with Crippen LogP contribution in [0.1, 0.15) is 19.4 Å². The molecule has 0 fully saturated rings. The Morgan fingerprint density at radius 1 is 0.952 bits per heavy atom. The van der Waals surface area contributed by atoms with Crippen molar-refractivity contribution in [1.82, 2.24) is 5.32 Å². The minimum atomic E-state index is 0.154. The molecule has 3 nitrogen and oxygen atoms in total. The van der Waals surface area contributed by atoms with Gasteiger partial charge in [-0.2, -0.15) is 0 Å². The van der Waals surface area contributed by atoms with E-state index in [2.05, 4.69) is 31.3 Å². The summed E-state index contributed by atoms with van der Waals surface area (Å²) in [4.78, 5) is 0. The number of hydrogen-bond donors (Lipinski definition) is 1. The highest BCUT2D eigenvalue weighted by Crippen LogP contribution is 2.19. The smallest absolute Gasteiger partial charge is 0.120 e. The summed E-state index contributed by atoms with van der Waals surface area (Å²) in [5.74, 6) is 1.72. The number of likely N-dealkylation sites (N-methyl/N-ethyl adjacent to an activating group) is 1. The summed E-state index contributed by atoms with van der Waals surface area (Å²) in [6.07, 6.45) is 0.154. The van der Waals surface area contributed by atoms with Crippen molar-refractivity contribution < 1.29 is 9.47 Å². The molecule has 0 saturated heterocycles. The summed E-state index contributed by atoms with van der Waals surface area (Å²) >= 11 is 0. The Balaban J connectivity index is 1.81. The Kier molecular flexibility index (Phi) is 6.10. The fraction of sp³-hybridized carbons (Fsp3) is 0.333. The fourth-order valence-electron chi connectivity index (χ4n) is 1.98. The van der Waals surface area contributed by atoms with E-state index in [1.165, 1.54) is 0 Å². The molecule has 0 spiro atoms. The van der Waals surface area contributed by atoms with Gasteiger partial charge in [-0.15, -0.1) is 0 Å². The predicted octanol–water partition coefficient (Wildman–Crippen LogP) is 3.64. The first-order chi connectivity index (χ1) is 10.3. The first kappa shape index (κ1) is 15.4. The van der Waals surface area contributed by atoms with Gasteiger partial charge >= 0.3 is 0 Å². The van der Waals surface area contributed by atoms with Crippen LogP contribution in [0.3, 0.4) is 0 Å². The molecule has 1 atom stereocenters. The zero-order valence-electron chi connectivity index (χ0n) is 12.7. The molecule has 0 aliphatic heterocycles. The van der Waals surface area contributed by atoms with Crippen molar-refractivity contribution in [3.63, 3.8) is 0 Å². The molecule has 0 heterocycles. The van der Waals surface area contributed by atoms with E-state index >= 15 is 0 Å². The predicted molar refractivity (Wildman–Crippen MR) is 85.8 cm³/mol. The Labute approximate surface area is 126 Å². The van der Waals surface area contributed by atoms with Crippen LogP contribution in [-0.2, 0) is 6.61 Å². The lowest BCUT2D eigenvalue weighted by molar-refractivity contribution is 0.217. The summed E-state index contributed by atoms with van der Waals surface area (Å²) in [6, 6.07) is 17.9. The molecule has 3 heteroatoms. The van der Waals surface area contributed by atoms with Crippen molar-refractivity contribution in [3.8, 4) is 11.5 Å². The maximum Gasteiger partial charge on any atom is 0.120 e. The maximum atomic E-state index is 5.82. The van der Waals surface area contributed by atoms with Gasteiger partial charge in [-0.3, -0.25) is 0 Å². The monoisotopic (exact) mass is 285 g/mol. The highest BCUT2D eigenvalue weighted by atomic mass is 16.5. The molecule has 1 unspecified atom stereocenters. The number of benzene rings is 2. The first-order valence-electron chi connectivity index (χ1n) is 7.42. The summed E-state index contributed by atoms with van der Waals surface area (Å²) < 4.78 is 11.6. The van der Waals surface area contributed by atoms with Crippen LogP contribution in [0.5, 0.6) is 11.5 Å². The molecule has 0 aliphatic carbocycles. The maximum absolute atomic E-state index is 5.82. The van der Waals surface area contributed by atoms with E-state index in [4.69, 9.17) is 9.47 Å². The molecular formula is C18H23NO2. The van der Waals surface area contributed by atoms with Crippen molar-refractivity contribution in [3.05, 3.63) is 60.2 Å². The van der Waals surface area contributed by atoms with Gasteiger partial charge in [-0.1, -0.05) is 37.3 Å². The van der Waals surface area contributed by atoms with E-state index in [0.29, 0.717) is 6.61 Å². The number of hydrogen-bond acceptors (Lipinski definition) is 3. The molecule has 1 N–H and O–H groups in total. The summed E-state index contributed by atoms with van der Waals surface area (Å²) in [5, 5.41) is 3.27. The van der Waals surface area contributed by atoms with E-state index in [1.807, 2.05) is 42.5 Å². The van der Waals surface area contributed by atoms with Gasteiger partial charge in [0.1, 0.15) is 24.2 Å². The third-order valence-electron chi connectivity index (χ3n) is 3.09. The van der Waals surface area contributed by atoms with Crippen LogP contribution in [0, 0.1) is 0 Å². The summed E-state index contributed by atoms with van der Waals surface area (Å²) in [6.45, 7) is 6.54. The highest BCUT2D eigenvalue weighted by molar-refractivity contribution is 5.31. The van der Waals surface area contributed by atoms with Crippen molar-refractivity contribution in [1.29, 1.82) is 0 Å². The largest absolute Gasteiger partial charge is 0.489 e. The minimum Gasteiger partial charge on any atom is -0.489 e. The molecule has 2 rings (SSSR count). The SMILES string of the molecule is CCNCC(C)Oc1ccc(OCc2ccccc2)cc1. The van der Waals surface area contributed by atoms with Gasteiger partial charge in [0.25, 0.3) is 0 Å². The van der Waals surface area contributed by atoms with E-state index in [1.54, 1.807) is 0 Å². The Morgan fingerprint density at radius 2 is 1.62 bits per heavy atom. The third-order valence-corrected chi connectivity index (χ3v) is 3.09. The molecule has 0 bridgehead atoms. The van der Waals surface area contributed by atoms with Gasteiger partial charge in [0.05, 0.1) is 0 Å². The summed E-state index contributed by atoms with van der Waals surface area (Å²) in [7, 11) is 0. The molecule has 0 aromatic heterocycles. The van der Waals surface area contributed by atoms with Crippen molar-refractivity contribution >= 4 is 0 Å². The topological polar surface area (TPSA) is 30.5 Å². The second-order valence-electron chi connectivity index (χ2n) is 4.98. The Hall–Kier alpha value is -2.00. The van der Waals surface area contributed by atoms with Crippen LogP contribution >= 0.6 is 0 Å². The molecular weight excluding hydrogens is 262 g/mol. The fourth-order valence-corrected chi connectivity index (χ4v) is 1.98.